The molecule has 176 valence electrons. The van der Waals surface area contributed by atoms with Crippen LogP contribution in [0.4, 0.5) is 0 Å². The number of nitrogens with one attached hydrogen (secondary N) is 1. The maximum atomic E-state index is 13.2. The monoisotopic (exact) mass is 479 g/mol. The van der Waals surface area contributed by atoms with E-state index in [0.29, 0.717) is 53.5 Å². The van der Waals surface area contributed by atoms with E-state index >= 15 is 0 Å². The zero-order valence-corrected chi connectivity index (χ0v) is 20.1. The summed E-state index contributed by atoms with van der Waals surface area (Å²) in [6.07, 6.45) is 0.675. The Balaban J connectivity index is 1.72. The van der Waals surface area contributed by atoms with Crippen LogP contribution in [0.2, 0.25) is 5.02 Å². The van der Waals surface area contributed by atoms with Crippen molar-refractivity contribution >= 4 is 44.7 Å². The van der Waals surface area contributed by atoms with Crippen LogP contribution in [0.25, 0.3) is 44.4 Å². The summed E-state index contributed by atoms with van der Waals surface area (Å²) in [5, 5.41) is 4.68. The van der Waals surface area contributed by atoms with E-state index in [1.54, 1.807) is 17.7 Å². The van der Waals surface area contributed by atoms with Crippen molar-refractivity contribution in [2.75, 3.05) is 20.3 Å². The van der Waals surface area contributed by atoms with E-state index in [-0.39, 0.29) is 5.69 Å². The van der Waals surface area contributed by atoms with Gasteiger partial charge in [-0.15, -0.1) is 0 Å². The quantitative estimate of drug-likeness (QED) is 0.330. The zero-order valence-electron chi connectivity index (χ0n) is 19.4. The second-order valence-electron chi connectivity index (χ2n) is 8.23. The van der Waals surface area contributed by atoms with Gasteiger partial charge in [0.05, 0.1) is 17.6 Å². The van der Waals surface area contributed by atoms with Gasteiger partial charge in [0.1, 0.15) is 22.6 Å². The largest absolute Gasteiger partial charge is 0.452 e. The Kier molecular flexibility index (Phi) is 6.12. The van der Waals surface area contributed by atoms with Gasteiger partial charge in [-0.1, -0.05) is 24.6 Å². The molecule has 3 heterocycles. The molecule has 0 spiro atoms. The minimum atomic E-state index is -0.338. The molecule has 8 nitrogen and oxygen atoms in total. The number of rotatable bonds is 8. The maximum Gasteiger partial charge on any atom is 0.348 e. The zero-order chi connectivity index (χ0) is 23.8. The number of fused-ring (bicyclic) bond motifs is 4. The van der Waals surface area contributed by atoms with Crippen molar-refractivity contribution < 1.29 is 9.15 Å². The summed E-state index contributed by atoms with van der Waals surface area (Å²) >= 11 is 6.29. The Bertz CT molecular complexity index is 1570. The average molecular weight is 480 g/mol. The molecular weight excluding hydrogens is 454 g/mol. The Morgan fingerprint density at radius 2 is 2.03 bits per heavy atom. The van der Waals surface area contributed by atoms with Gasteiger partial charge in [0.25, 0.3) is 0 Å². The molecule has 0 aliphatic carbocycles. The van der Waals surface area contributed by atoms with E-state index in [1.165, 1.54) is 0 Å². The fraction of sp³-hybridized carbons (Fsp3) is 0.320. The number of hydrogen-bond donors (Lipinski definition) is 1. The number of methoxy groups -OCH3 is 1. The first kappa shape index (κ1) is 22.6. The SMILES string of the molecule is CCNCc1nc2cc(-c3nc(=O)n(CCCOC)c4c3oc3ccc(Cl)cc34)ccc2n1C. The lowest BCUT2D eigenvalue weighted by Gasteiger charge is -2.09. The number of imidazole rings is 1. The maximum absolute atomic E-state index is 13.2. The highest BCUT2D eigenvalue weighted by molar-refractivity contribution is 6.31. The molecule has 1 N–H and O–H groups in total. The summed E-state index contributed by atoms with van der Waals surface area (Å²) in [7, 11) is 3.65. The van der Waals surface area contributed by atoms with Crippen LogP contribution in [0.3, 0.4) is 0 Å². The Morgan fingerprint density at radius 3 is 2.82 bits per heavy atom. The third-order valence-corrected chi connectivity index (χ3v) is 6.29. The van der Waals surface area contributed by atoms with Gasteiger partial charge in [-0.05, 0) is 43.3 Å². The lowest BCUT2D eigenvalue weighted by molar-refractivity contribution is 0.190. The van der Waals surface area contributed by atoms with Crippen molar-refractivity contribution in [2.45, 2.75) is 26.4 Å². The highest BCUT2D eigenvalue weighted by atomic mass is 35.5. The highest BCUT2D eigenvalue weighted by Crippen LogP contribution is 2.35. The van der Waals surface area contributed by atoms with E-state index in [0.717, 1.165) is 34.4 Å². The summed E-state index contributed by atoms with van der Waals surface area (Å²) in [5.41, 5.74) is 4.68. The summed E-state index contributed by atoms with van der Waals surface area (Å²) in [6, 6.07) is 11.3. The molecular formula is C25H26ClN5O3. The van der Waals surface area contributed by atoms with Crippen molar-refractivity contribution in [3.63, 3.8) is 0 Å². The smallest absolute Gasteiger partial charge is 0.348 e. The van der Waals surface area contributed by atoms with Crippen LogP contribution in [-0.4, -0.2) is 39.4 Å². The van der Waals surface area contributed by atoms with Crippen molar-refractivity contribution in [1.82, 2.24) is 24.4 Å². The molecule has 0 saturated carbocycles. The average Bonchev–Trinajstić information content (AvgIpc) is 3.36. The molecule has 34 heavy (non-hydrogen) atoms. The van der Waals surface area contributed by atoms with E-state index in [9.17, 15) is 4.79 Å². The lowest BCUT2D eigenvalue weighted by Crippen LogP contribution is -2.24. The normalized spacial score (nSPS) is 11.9. The summed E-state index contributed by atoms with van der Waals surface area (Å²) in [6.45, 7) is 4.62. The fourth-order valence-corrected chi connectivity index (χ4v) is 4.52. The van der Waals surface area contributed by atoms with E-state index < -0.39 is 0 Å². The van der Waals surface area contributed by atoms with Crippen molar-refractivity contribution in [3.8, 4) is 11.3 Å². The van der Waals surface area contributed by atoms with Crippen LogP contribution in [0.5, 0.6) is 0 Å². The number of nitrogens with zero attached hydrogens (tertiary/aromatic N) is 4. The molecule has 0 saturated heterocycles. The van der Waals surface area contributed by atoms with E-state index in [2.05, 4.69) is 21.8 Å². The number of benzene rings is 2. The molecule has 0 aliphatic rings. The number of furan rings is 1. The van der Waals surface area contributed by atoms with Crippen molar-refractivity contribution in [3.05, 3.63) is 57.7 Å². The third kappa shape index (κ3) is 3.87. The molecule has 5 rings (SSSR count). The number of aryl methyl sites for hydroxylation is 2. The van der Waals surface area contributed by atoms with Crippen LogP contribution in [0, 0.1) is 0 Å². The molecule has 0 radical (unpaired) electrons. The van der Waals surface area contributed by atoms with Crippen LogP contribution in [-0.2, 0) is 24.9 Å². The van der Waals surface area contributed by atoms with Gasteiger partial charge in [0.15, 0.2) is 5.58 Å². The fourth-order valence-electron chi connectivity index (χ4n) is 4.35. The number of ether oxygens (including phenoxy) is 1. The van der Waals surface area contributed by atoms with Gasteiger partial charge in [-0.25, -0.2) is 9.78 Å². The van der Waals surface area contributed by atoms with Gasteiger partial charge < -0.3 is 19.0 Å². The predicted molar refractivity (Wildman–Crippen MR) is 134 cm³/mol. The molecule has 5 aromatic rings. The first-order chi connectivity index (χ1) is 16.5. The van der Waals surface area contributed by atoms with E-state index in [4.69, 9.17) is 25.7 Å². The molecule has 0 atom stereocenters. The minimum absolute atomic E-state index is 0.338. The number of aromatic nitrogens is 4. The summed E-state index contributed by atoms with van der Waals surface area (Å²) in [4.78, 5) is 22.4. The second kappa shape index (κ2) is 9.21. The summed E-state index contributed by atoms with van der Waals surface area (Å²) in [5.74, 6) is 0.944. The van der Waals surface area contributed by atoms with E-state index in [1.807, 2.05) is 37.4 Å². The van der Waals surface area contributed by atoms with Crippen molar-refractivity contribution in [2.24, 2.45) is 7.05 Å². The Hall–Kier alpha value is -3.20. The molecule has 0 amide bonds. The number of halogens is 1. The lowest BCUT2D eigenvalue weighted by atomic mass is 10.1. The minimum Gasteiger partial charge on any atom is -0.452 e. The third-order valence-electron chi connectivity index (χ3n) is 6.06. The first-order valence-electron chi connectivity index (χ1n) is 11.3. The van der Waals surface area contributed by atoms with Gasteiger partial charge in [0.2, 0.25) is 0 Å². The van der Waals surface area contributed by atoms with Crippen LogP contribution in [0.15, 0.2) is 45.6 Å². The van der Waals surface area contributed by atoms with Gasteiger partial charge in [0, 0.05) is 43.3 Å². The van der Waals surface area contributed by atoms with Gasteiger partial charge >= 0.3 is 5.69 Å². The van der Waals surface area contributed by atoms with Crippen LogP contribution in [0.1, 0.15) is 19.2 Å². The molecule has 3 aromatic heterocycles. The predicted octanol–water partition coefficient (Wildman–Crippen LogP) is 4.50. The van der Waals surface area contributed by atoms with Crippen LogP contribution < -0.4 is 11.0 Å². The summed E-state index contributed by atoms with van der Waals surface area (Å²) < 4.78 is 15.1. The molecule has 0 bridgehead atoms. The standard InChI is InChI=1S/C25H26ClN5O3/c1-4-27-14-21-28-18-12-15(6-8-19(18)30(21)2)22-24-23(17-13-16(26)7-9-20(17)34-24)31(25(32)29-22)10-5-11-33-3/h6-9,12-13,27H,4-5,10-11,14H2,1-3H3. The molecule has 2 aromatic carbocycles. The molecule has 0 aliphatic heterocycles. The first-order valence-corrected chi connectivity index (χ1v) is 11.7. The molecule has 0 fully saturated rings. The van der Waals surface area contributed by atoms with Crippen LogP contribution >= 0.6 is 11.6 Å². The van der Waals surface area contributed by atoms with Crippen molar-refractivity contribution in [1.29, 1.82) is 0 Å². The Morgan fingerprint density at radius 1 is 1.18 bits per heavy atom. The van der Waals surface area contributed by atoms with Gasteiger partial charge in [-0.2, -0.15) is 4.98 Å². The topological polar surface area (TPSA) is 87.1 Å². The Labute approximate surface area is 201 Å². The molecule has 0 unspecified atom stereocenters. The molecule has 9 heteroatoms. The number of hydrogen-bond acceptors (Lipinski definition) is 6. The highest BCUT2D eigenvalue weighted by Gasteiger charge is 2.20. The second-order valence-corrected chi connectivity index (χ2v) is 8.67. The van der Waals surface area contributed by atoms with Gasteiger partial charge in [-0.3, -0.25) is 4.57 Å².